The highest BCUT2D eigenvalue weighted by Crippen LogP contribution is 2.17. The molecule has 0 aromatic rings. The van der Waals surface area contributed by atoms with Crippen LogP contribution in [0.1, 0.15) is 142 Å². The molecule has 0 heterocycles. The molecule has 0 spiro atoms. The number of rotatable bonds is 21. The van der Waals surface area contributed by atoms with E-state index < -0.39 is 52.2 Å². The Balaban J connectivity index is 5.27. The number of hydrogen-bond acceptors (Lipinski definition) is 9. The average molecular weight is 769 g/mol. The first-order chi connectivity index (χ1) is 24.4. The molecular formula is C39H72N6O9. The fourth-order valence-corrected chi connectivity index (χ4v) is 5.26. The number of carbonyl (C=O) groups is 7. The van der Waals surface area contributed by atoms with Gasteiger partial charge >= 0.3 is 12.1 Å². The number of methoxy groups -OCH3 is 1. The van der Waals surface area contributed by atoms with Crippen molar-refractivity contribution < 1.29 is 43.0 Å². The van der Waals surface area contributed by atoms with Crippen LogP contribution in [0.5, 0.6) is 0 Å². The molecule has 54 heavy (non-hydrogen) atoms. The van der Waals surface area contributed by atoms with E-state index in [0.717, 1.165) is 0 Å². The van der Waals surface area contributed by atoms with E-state index in [9.17, 15) is 33.6 Å². The van der Waals surface area contributed by atoms with Crippen LogP contribution in [0.4, 0.5) is 4.79 Å². The second kappa shape index (κ2) is 21.3. The van der Waals surface area contributed by atoms with Crippen LogP contribution in [0.25, 0.3) is 0 Å². The van der Waals surface area contributed by atoms with E-state index in [1.807, 2.05) is 41.5 Å². The number of carbonyl (C=O) groups excluding carboxylic acids is 7. The molecule has 15 nitrogen and oxygen atoms in total. The van der Waals surface area contributed by atoms with Crippen molar-refractivity contribution in [1.29, 1.82) is 0 Å². The molecule has 6 N–H and O–H groups in total. The summed E-state index contributed by atoms with van der Waals surface area (Å²) in [5.74, 6) is -2.38. The molecular weight excluding hydrogens is 696 g/mol. The van der Waals surface area contributed by atoms with Crippen molar-refractivity contribution in [3.8, 4) is 0 Å². The van der Waals surface area contributed by atoms with Gasteiger partial charge in [0, 0.05) is 37.4 Å². The highest BCUT2D eigenvalue weighted by molar-refractivity contribution is 5.92. The Morgan fingerprint density at radius 2 is 0.778 bits per heavy atom. The highest BCUT2D eigenvalue weighted by atomic mass is 16.6. The van der Waals surface area contributed by atoms with Crippen molar-refractivity contribution in [3.63, 3.8) is 0 Å². The molecule has 0 aliphatic carbocycles. The predicted molar refractivity (Wildman–Crippen MR) is 208 cm³/mol. The molecule has 0 bridgehead atoms. The van der Waals surface area contributed by atoms with E-state index in [4.69, 9.17) is 9.47 Å². The van der Waals surface area contributed by atoms with Gasteiger partial charge in [0.05, 0.1) is 7.11 Å². The van der Waals surface area contributed by atoms with Crippen LogP contribution in [0, 0.1) is 17.8 Å². The quantitative estimate of drug-likeness (QED) is 0.0931. The van der Waals surface area contributed by atoms with Gasteiger partial charge in [-0.05, 0) is 99.3 Å². The maximum absolute atomic E-state index is 13.4. The summed E-state index contributed by atoms with van der Waals surface area (Å²) in [5, 5.41) is 17.0. The van der Waals surface area contributed by atoms with Crippen LogP contribution >= 0.6 is 0 Å². The largest absolute Gasteiger partial charge is 0.469 e. The number of alkyl carbamates (subject to hydrolysis) is 1. The molecule has 0 fully saturated rings. The first-order valence-electron chi connectivity index (χ1n) is 19.1. The normalized spacial score (nSPS) is 14.1. The standard InChI is InChI=1S/C39H72N6O9/c1-23(2)26(17-20-29(46)44-38(12,13)33(50)42-28(25(5)6)19-22-31(48)53-16)40-32(49)37(10,11)43-30(47)21-18-27(24(3)4)41-34(51)39(14,15)45-35(52)54-36(7,8)9/h23-28H,17-22H2,1-16H3,(H,40,49)(H,41,51)(H,42,50)(H,43,47)(H,44,46)(H,45,52)/t26-,27-,28-/m1/s1. The summed E-state index contributed by atoms with van der Waals surface area (Å²) < 4.78 is 9.99. The van der Waals surface area contributed by atoms with Gasteiger partial charge in [-0.15, -0.1) is 0 Å². The number of esters is 1. The zero-order chi connectivity index (χ0) is 42.4. The molecule has 3 atom stereocenters. The number of amides is 6. The third-order valence-corrected chi connectivity index (χ3v) is 9.04. The second-order valence-corrected chi connectivity index (χ2v) is 17.8. The summed E-state index contributed by atoms with van der Waals surface area (Å²) in [6, 6.07) is -1.09. The van der Waals surface area contributed by atoms with Gasteiger partial charge < -0.3 is 41.4 Å². The van der Waals surface area contributed by atoms with Gasteiger partial charge in [-0.3, -0.25) is 28.8 Å². The Labute approximate surface area is 323 Å². The summed E-state index contributed by atoms with van der Waals surface area (Å²) in [6.07, 6.45) is 0.484. The van der Waals surface area contributed by atoms with Crippen LogP contribution in [0.15, 0.2) is 0 Å². The maximum atomic E-state index is 13.4. The Morgan fingerprint density at radius 3 is 1.06 bits per heavy atom. The SMILES string of the molecule is COC(=O)CC[C@@H](NC(=O)C(C)(C)NC(=O)CC[C@@H](NC(=O)C(C)(C)NC(=O)CC[C@@H](NC(=O)C(C)(C)NC(=O)OC(C)(C)C)C(C)C)C(C)C)C(C)C. The van der Waals surface area contributed by atoms with Gasteiger partial charge in [0.1, 0.15) is 22.2 Å². The van der Waals surface area contributed by atoms with E-state index in [-0.39, 0.29) is 66.7 Å². The van der Waals surface area contributed by atoms with Gasteiger partial charge in [0.25, 0.3) is 0 Å². The molecule has 0 aromatic carbocycles. The van der Waals surface area contributed by atoms with Crippen molar-refractivity contribution >= 4 is 41.6 Å². The van der Waals surface area contributed by atoms with Crippen molar-refractivity contribution in [3.05, 3.63) is 0 Å². The lowest BCUT2D eigenvalue weighted by Gasteiger charge is -2.32. The summed E-state index contributed by atoms with van der Waals surface area (Å²) >= 11 is 0. The average Bonchev–Trinajstić information content (AvgIpc) is 3.00. The van der Waals surface area contributed by atoms with Gasteiger partial charge in [-0.2, -0.15) is 0 Å². The Morgan fingerprint density at radius 1 is 0.481 bits per heavy atom. The van der Waals surface area contributed by atoms with Crippen molar-refractivity contribution in [2.24, 2.45) is 17.8 Å². The molecule has 6 amide bonds. The molecule has 15 heteroatoms. The predicted octanol–water partition coefficient (Wildman–Crippen LogP) is 4.02. The zero-order valence-corrected chi connectivity index (χ0v) is 35.9. The molecule has 0 rings (SSSR count). The molecule has 312 valence electrons. The summed E-state index contributed by atoms with van der Waals surface area (Å²) in [5.41, 5.74) is -4.53. The van der Waals surface area contributed by atoms with Gasteiger partial charge in [-0.1, -0.05) is 41.5 Å². The van der Waals surface area contributed by atoms with Gasteiger partial charge in [0.15, 0.2) is 0 Å². The van der Waals surface area contributed by atoms with E-state index >= 15 is 0 Å². The number of hydrogen-bond donors (Lipinski definition) is 6. The molecule has 0 aliphatic rings. The van der Waals surface area contributed by atoms with Crippen molar-refractivity contribution in [2.75, 3.05) is 7.11 Å². The fraction of sp³-hybridized carbons (Fsp3) is 0.821. The van der Waals surface area contributed by atoms with E-state index in [2.05, 4.69) is 31.9 Å². The molecule has 0 aliphatic heterocycles. The van der Waals surface area contributed by atoms with Crippen molar-refractivity contribution in [1.82, 2.24) is 31.9 Å². The minimum atomic E-state index is -1.29. The number of ether oxygens (including phenoxy) is 2. The van der Waals surface area contributed by atoms with Gasteiger partial charge in [-0.25, -0.2) is 4.79 Å². The minimum Gasteiger partial charge on any atom is -0.469 e. The molecule has 0 aromatic heterocycles. The monoisotopic (exact) mass is 769 g/mol. The van der Waals surface area contributed by atoms with Crippen LogP contribution in [-0.2, 0) is 38.2 Å². The molecule has 0 saturated carbocycles. The smallest absolute Gasteiger partial charge is 0.408 e. The Kier molecular flexibility index (Phi) is 19.7. The van der Waals surface area contributed by atoms with E-state index in [1.165, 1.54) is 7.11 Å². The third kappa shape index (κ3) is 18.9. The molecule has 0 unspecified atom stereocenters. The van der Waals surface area contributed by atoms with Crippen LogP contribution in [0.3, 0.4) is 0 Å². The lowest BCUT2D eigenvalue weighted by Crippen LogP contribution is -2.59. The summed E-state index contributed by atoms with van der Waals surface area (Å²) in [4.78, 5) is 89.7. The zero-order valence-electron chi connectivity index (χ0n) is 35.9. The van der Waals surface area contributed by atoms with Crippen molar-refractivity contribution in [2.45, 2.75) is 183 Å². The van der Waals surface area contributed by atoms with Gasteiger partial charge in [0.2, 0.25) is 29.5 Å². The van der Waals surface area contributed by atoms with Crippen LogP contribution in [-0.4, -0.2) is 89.1 Å². The lowest BCUT2D eigenvalue weighted by molar-refractivity contribution is -0.141. The van der Waals surface area contributed by atoms with E-state index in [0.29, 0.717) is 19.3 Å². The number of nitrogens with one attached hydrogen (secondary N) is 6. The molecule has 0 radical (unpaired) electrons. The van der Waals surface area contributed by atoms with Crippen LogP contribution < -0.4 is 31.9 Å². The topological polar surface area (TPSA) is 210 Å². The third-order valence-electron chi connectivity index (χ3n) is 9.04. The first-order valence-corrected chi connectivity index (χ1v) is 19.1. The van der Waals surface area contributed by atoms with Crippen LogP contribution in [0.2, 0.25) is 0 Å². The summed E-state index contributed by atoms with van der Waals surface area (Å²) in [6.45, 7) is 26.2. The lowest BCUT2D eigenvalue weighted by atomic mass is 9.94. The fourth-order valence-electron chi connectivity index (χ4n) is 5.26. The maximum Gasteiger partial charge on any atom is 0.408 e. The van der Waals surface area contributed by atoms with E-state index in [1.54, 1.807) is 62.3 Å². The minimum absolute atomic E-state index is 0.0279. The molecule has 0 saturated heterocycles. The highest BCUT2D eigenvalue weighted by Gasteiger charge is 2.36. The Hall–Kier alpha value is -3.91. The first kappa shape index (κ1) is 50.1. The Bertz CT molecular complexity index is 1300. The summed E-state index contributed by atoms with van der Waals surface area (Å²) in [7, 11) is 1.31. The second-order valence-electron chi connectivity index (χ2n) is 17.8.